The van der Waals surface area contributed by atoms with Gasteiger partial charge in [0.2, 0.25) is 12.2 Å². The molecule has 15 atom stereocenters. The SMILES string of the molecule is CC[C@]1(C(=O)O)O[C@@H](O[C@H]2[C@H](OC(C)=O)[C@@H](OCc3ccccc3)C(OC(=N)C(Cl)(Cl)Cl)O[C@@H]2COC(C)=O)[C@H](OC)[C@@H](OC)[C@@H]1O[C@H]1O[C@H](COCc2ccccc2)[C@@H](OC)[C@H](OC)[C@H]1OC. The fourth-order valence-electron chi connectivity index (χ4n) is 8.35. The summed E-state index contributed by atoms with van der Waals surface area (Å²) in [5, 5.41) is 19.6. The first-order chi connectivity index (χ1) is 32.5. The average Bonchev–Trinajstić information content (AvgIpc) is 3.31. The number of halogens is 3. The van der Waals surface area contributed by atoms with Crippen LogP contribution in [0.5, 0.6) is 0 Å². The summed E-state index contributed by atoms with van der Waals surface area (Å²) in [5.74, 6) is -3.94. The summed E-state index contributed by atoms with van der Waals surface area (Å²) in [6.07, 6.45) is -18.5. The smallest absolute Gasteiger partial charge is 0.338 e. The summed E-state index contributed by atoms with van der Waals surface area (Å²) in [6, 6.07) is 18.4. The van der Waals surface area contributed by atoms with Crippen LogP contribution < -0.4 is 0 Å². The predicted molar refractivity (Wildman–Crippen MR) is 239 cm³/mol. The first-order valence-corrected chi connectivity index (χ1v) is 22.7. The van der Waals surface area contributed by atoms with Crippen molar-refractivity contribution in [1.82, 2.24) is 0 Å². The molecule has 3 aliphatic heterocycles. The fourth-order valence-corrected chi connectivity index (χ4v) is 8.48. The topological polar surface area (TPSA) is 234 Å². The summed E-state index contributed by atoms with van der Waals surface area (Å²) in [6.45, 7) is 3.40. The molecule has 0 radical (unpaired) electrons. The number of nitrogens with one attached hydrogen (secondary N) is 1. The van der Waals surface area contributed by atoms with Crippen LogP contribution in [0.25, 0.3) is 0 Å². The second kappa shape index (κ2) is 25.7. The number of methoxy groups -OCH3 is 5. The van der Waals surface area contributed by atoms with Gasteiger partial charge in [-0.05, 0) is 17.5 Å². The number of carboxylic acid groups (broad SMARTS) is 1. The second-order valence-electron chi connectivity index (χ2n) is 15.9. The Bertz CT molecular complexity index is 1920. The van der Waals surface area contributed by atoms with Gasteiger partial charge >= 0.3 is 17.9 Å². The number of benzene rings is 2. The van der Waals surface area contributed by atoms with E-state index < -0.39 is 126 Å². The van der Waals surface area contributed by atoms with Crippen LogP contribution in [0.15, 0.2) is 60.7 Å². The molecule has 1 unspecified atom stereocenters. The lowest BCUT2D eigenvalue weighted by molar-refractivity contribution is -0.396. The van der Waals surface area contributed by atoms with Crippen LogP contribution in [0.4, 0.5) is 0 Å². The van der Waals surface area contributed by atoms with Gasteiger partial charge in [-0.25, -0.2) is 4.79 Å². The molecule has 20 nitrogen and oxygen atoms in total. The number of carboxylic acids is 1. The van der Waals surface area contributed by atoms with Crippen molar-refractivity contribution in [3.05, 3.63) is 71.8 Å². The van der Waals surface area contributed by atoms with Crippen LogP contribution in [0.2, 0.25) is 0 Å². The van der Waals surface area contributed by atoms with Crippen LogP contribution in [0.1, 0.15) is 38.3 Å². The van der Waals surface area contributed by atoms with Gasteiger partial charge in [-0.15, -0.1) is 0 Å². The highest BCUT2D eigenvalue weighted by molar-refractivity contribution is 6.76. The Hall–Kier alpha value is -3.29. The zero-order chi connectivity index (χ0) is 49.8. The van der Waals surface area contributed by atoms with E-state index in [1.165, 1.54) is 35.5 Å². The number of ether oxygens (including phenoxy) is 15. The molecule has 68 heavy (non-hydrogen) atoms. The van der Waals surface area contributed by atoms with E-state index in [2.05, 4.69) is 0 Å². The van der Waals surface area contributed by atoms with E-state index in [4.69, 9.17) is 111 Å². The molecule has 3 heterocycles. The summed E-state index contributed by atoms with van der Waals surface area (Å²) in [5.41, 5.74) is -0.712. The summed E-state index contributed by atoms with van der Waals surface area (Å²) < 4.78 is 89.2. The quantitative estimate of drug-likeness (QED) is 0.0714. The fraction of sp³-hybridized carbons (Fsp3) is 0.644. The highest BCUT2D eigenvalue weighted by atomic mass is 35.6. The number of hydrogen-bond acceptors (Lipinski definition) is 19. The van der Waals surface area contributed by atoms with E-state index in [1.807, 2.05) is 30.3 Å². The second-order valence-corrected chi connectivity index (χ2v) is 18.1. The minimum absolute atomic E-state index is 0.0158. The van der Waals surface area contributed by atoms with E-state index in [1.54, 1.807) is 37.3 Å². The molecule has 0 spiro atoms. The Morgan fingerprint density at radius 2 is 1.19 bits per heavy atom. The Kier molecular flexibility index (Phi) is 21.0. The molecule has 2 aromatic rings. The van der Waals surface area contributed by atoms with Crippen molar-refractivity contribution in [2.75, 3.05) is 48.8 Å². The highest BCUT2D eigenvalue weighted by Crippen LogP contribution is 2.43. The van der Waals surface area contributed by atoms with E-state index >= 15 is 0 Å². The average molecular weight is 1030 g/mol. The molecule has 380 valence electrons. The molecular weight excluding hydrogens is 965 g/mol. The first-order valence-electron chi connectivity index (χ1n) is 21.5. The van der Waals surface area contributed by atoms with Crippen LogP contribution in [-0.2, 0) is 98.7 Å². The summed E-state index contributed by atoms with van der Waals surface area (Å²) in [7, 11) is 6.99. The Morgan fingerprint density at radius 1 is 0.647 bits per heavy atom. The molecule has 2 N–H and O–H groups in total. The third kappa shape index (κ3) is 13.6. The number of carbonyl (C=O) groups excluding carboxylic acids is 2. The monoisotopic (exact) mass is 1020 g/mol. The molecule has 5 rings (SSSR count). The maximum atomic E-state index is 13.8. The largest absolute Gasteiger partial charge is 0.479 e. The van der Waals surface area contributed by atoms with Crippen LogP contribution in [0.3, 0.4) is 0 Å². The van der Waals surface area contributed by atoms with E-state index in [0.29, 0.717) is 5.56 Å². The normalized spacial score (nSPS) is 33.0. The molecule has 3 saturated heterocycles. The Labute approximate surface area is 409 Å². The van der Waals surface area contributed by atoms with Gasteiger partial charge in [-0.2, -0.15) is 0 Å². The van der Waals surface area contributed by atoms with Crippen molar-refractivity contribution >= 4 is 58.6 Å². The molecule has 0 saturated carbocycles. The van der Waals surface area contributed by atoms with Gasteiger partial charge in [0, 0.05) is 49.4 Å². The summed E-state index contributed by atoms with van der Waals surface area (Å²) >= 11 is 18.0. The standard InChI is InChI=1S/C45H60Cl3NO19/c1-9-44(43(52)53)38(66-39-35(57-7)32(55-5)30(54-4)28(63-39)22-59-20-26-16-12-10-13-17-26)34(56-6)36(58-8)41(68-44)65-31-29(23-60-24(2)50)64-40(67-42(49)45(46,47)48)37(33(31)62-25(3)51)61-21-27-18-14-11-15-19-27/h10-19,28-41,49H,9,20-23H2,1-8H3,(H,52,53)/t28-,29-,30-,31-,32+,33+,34-,35-,36-,37-,38+,39-,40?,41-,44+/m1/s1. The number of rotatable bonds is 22. The lowest BCUT2D eigenvalue weighted by atomic mass is 9.83. The van der Waals surface area contributed by atoms with Gasteiger partial charge in [-0.1, -0.05) is 102 Å². The zero-order valence-electron chi connectivity index (χ0n) is 38.8. The minimum atomic E-state index is -2.38. The van der Waals surface area contributed by atoms with Crippen LogP contribution in [0, 0.1) is 5.41 Å². The number of hydrogen-bond donors (Lipinski definition) is 2. The molecule has 0 aromatic heterocycles. The van der Waals surface area contributed by atoms with Gasteiger partial charge in [0.15, 0.2) is 30.4 Å². The van der Waals surface area contributed by atoms with Crippen LogP contribution >= 0.6 is 34.8 Å². The van der Waals surface area contributed by atoms with Crippen molar-refractivity contribution in [3.63, 3.8) is 0 Å². The number of aliphatic carboxylic acids is 1. The molecule has 0 aliphatic carbocycles. The predicted octanol–water partition coefficient (Wildman–Crippen LogP) is 4.53. The lowest BCUT2D eigenvalue weighted by Gasteiger charge is -2.53. The number of carbonyl (C=O) groups is 3. The minimum Gasteiger partial charge on any atom is -0.479 e. The van der Waals surface area contributed by atoms with Gasteiger partial charge in [0.05, 0.1) is 19.8 Å². The Morgan fingerprint density at radius 3 is 1.71 bits per heavy atom. The van der Waals surface area contributed by atoms with E-state index in [-0.39, 0.29) is 26.2 Å². The van der Waals surface area contributed by atoms with E-state index in [9.17, 15) is 19.5 Å². The third-order valence-electron chi connectivity index (χ3n) is 11.6. The molecule has 0 amide bonds. The molecular formula is C45H60Cl3NO19. The van der Waals surface area contributed by atoms with E-state index in [0.717, 1.165) is 19.4 Å². The molecule has 3 fully saturated rings. The van der Waals surface area contributed by atoms with Crippen LogP contribution in [-0.4, -0.2) is 173 Å². The molecule has 23 heteroatoms. The van der Waals surface area contributed by atoms with Gasteiger partial charge in [0.25, 0.3) is 3.79 Å². The summed E-state index contributed by atoms with van der Waals surface area (Å²) in [4.78, 5) is 39.0. The maximum Gasteiger partial charge on any atom is 0.338 e. The number of esters is 2. The van der Waals surface area contributed by atoms with Crippen molar-refractivity contribution in [2.24, 2.45) is 0 Å². The van der Waals surface area contributed by atoms with Gasteiger partial charge in [0.1, 0.15) is 61.5 Å². The van der Waals surface area contributed by atoms with Gasteiger partial charge < -0.3 is 76.2 Å². The van der Waals surface area contributed by atoms with Crippen molar-refractivity contribution < 1.29 is 90.5 Å². The number of alkyl halides is 3. The molecule has 2 aromatic carbocycles. The molecule has 3 aliphatic rings. The third-order valence-corrected chi connectivity index (χ3v) is 12.1. The molecule has 0 bridgehead atoms. The maximum absolute atomic E-state index is 13.8. The van der Waals surface area contributed by atoms with Crippen molar-refractivity contribution in [3.8, 4) is 0 Å². The van der Waals surface area contributed by atoms with Crippen molar-refractivity contribution in [1.29, 1.82) is 5.41 Å². The highest BCUT2D eigenvalue weighted by Gasteiger charge is 2.64. The van der Waals surface area contributed by atoms with Gasteiger partial charge in [-0.3, -0.25) is 15.0 Å². The lowest BCUT2D eigenvalue weighted by Crippen LogP contribution is -2.72. The van der Waals surface area contributed by atoms with Crippen molar-refractivity contribution in [2.45, 2.75) is 136 Å². The first kappa shape index (κ1) is 55.6. The zero-order valence-corrected chi connectivity index (χ0v) is 41.1. The Balaban J connectivity index is 1.53.